The molecule has 0 saturated carbocycles. The van der Waals surface area contributed by atoms with Crippen LogP contribution in [0.25, 0.3) is 22.4 Å². The van der Waals surface area contributed by atoms with Gasteiger partial charge in [0, 0.05) is 16.5 Å². The summed E-state index contributed by atoms with van der Waals surface area (Å²) in [6.45, 7) is 0. The maximum absolute atomic E-state index is 12.5. The van der Waals surface area contributed by atoms with Crippen LogP contribution in [-0.2, 0) is 0 Å². The van der Waals surface area contributed by atoms with Gasteiger partial charge in [0.25, 0.3) is 0 Å². The Balaban J connectivity index is 1.59. The van der Waals surface area contributed by atoms with E-state index in [0.29, 0.717) is 10.6 Å². The third-order valence-corrected chi connectivity index (χ3v) is 4.86. The van der Waals surface area contributed by atoms with E-state index < -0.39 is 0 Å². The fourth-order valence-corrected chi connectivity index (χ4v) is 3.48. The maximum Gasteiger partial charge on any atom is 0.221 e. The molecule has 120 valence electrons. The van der Waals surface area contributed by atoms with Crippen molar-refractivity contribution in [1.82, 2.24) is 4.98 Å². The Morgan fingerprint density at radius 2 is 1.24 bits per heavy atom. The molecule has 0 aliphatic rings. The van der Waals surface area contributed by atoms with Crippen molar-refractivity contribution < 1.29 is 4.79 Å². The predicted molar refractivity (Wildman–Crippen MR) is 103 cm³/mol. The van der Waals surface area contributed by atoms with Crippen LogP contribution in [0.3, 0.4) is 0 Å². The van der Waals surface area contributed by atoms with E-state index in [2.05, 4.69) is 29.2 Å². The SMILES string of the molecule is O=C(c1ccccc1)c1nc(-c2ccc(-c3ccccc3)cc2)cs1. The molecule has 0 aliphatic carbocycles. The second-order valence-corrected chi connectivity index (χ2v) is 6.53. The lowest BCUT2D eigenvalue weighted by Crippen LogP contribution is -1.99. The van der Waals surface area contributed by atoms with Crippen molar-refractivity contribution in [2.24, 2.45) is 0 Å². The third-order valence-electron chi connectivity index (χ3n) is 4.02. The zero-order valence-corrected chi connectivity index (χ0v) is 14.2. The van der Waals surface area contributed by atoms with Crippen LogP contribution >= 0.6 is 11.3 Å². The first-order valence-corrected chi connectivity index (χ1v) is 8.90. The van der Waals surface area contributed by atoms with Gasteiger partial charge in [-0.2, -0.15) is 0 Å². The molecule has 1 heterocycles. The van der Waals surface area contributed by atoms with Crippen molar-refractivity contribution in [3.05, 3.63) is 101 Å². The van der Waals surface area contributed by atoms with E-state index in [9.17, 15) is 4.79 Å². The summed E-state index contributed by atoms with van der Waals surface area (Å²) in [5.74, 6) is -0.0299. The Labute approximate surface area is 150 Å². The molecule has 4 aromatic rings. The molecular weight excluding hydrogens is 326 g/mol. The van der Waals surface area contributed by atoms with Gasteiger partial charge >= 0.3 is 0 Å². The van der Waals surface area contributed by atoms with Crippen LogP contribution in [0.15, 0.2) is 90.3 Å². The molecule has 25 heavy (non-hydrogen) atoms. The minimum atomic E-state index is -0.0299. The standard InChI is InChI=1S/C22H15NOS/c24-21(19-9-5-2-6-10-19)22-23-20(15-25-22)18-13-11-17(12-14-18)16-7-3-1-4-8-16/h1-15H. The number of aromatic nitrogens is 1. The summed E-state index contributed by atoms with van der Waals surface area (Å²) in [6.07, 6.45) is 0. The summed E-state index contributed by atoms with van der Waals surface area (Å²) in [4.78, 5) is 17.0. The van der Waals surface area contributed by atoms with Crippen molar-refractivity contribution in [2.45, 2.75) is 0 Å². The maximum atomic E-state index is 12.5. The largest absolute Gasteiger partial charge is 0.286 e. The molecule has 0 bridgehead atoms. The minimum Gasteiger partial charge on any atom is -0.286 e. The van der Waals surface area contributed by atoms with Crippen molar-refractivity contribution in [2.75, 3.05) is 0 Å². The number of thiazole rings is 1. The summed E-state index contributed by atoms with van der Waals surface area (Å²) in [7, 11) is 0. The quantitative estimate of drug-likeness (QED) is 0.445. The fraction of sp³-hybridized carbons (Fsp3) is 0. The molecule has 3 heteroatoms. The van der Waals surface area contributed by atoms with Gasteiger partial charge < -0.3 is 0 Å². The summed E-state index contributed by atoms with van der Waals surface area (Å²) >= 11 is 1.39. The van der Waals surface area contributed by atoms with Gasteiger partial charge in [-0.25, -0.2) is 4.98 Å². The van der Waals surface area contributed by atoms with Crippen LogP contribution in [0, 0.1) is 0 Å². The van der Waals surface area contributed by atoms with Gasteiger partial charge in [0.15, 0.2) is 5.01 Å². The van der Waals surface area contributed by atoms with Crippen LogP contribution in [0.4, 0.5) is 0 Å². The van der Waals surface area contributed by atoms with E-state index in [4.69, 9.17) is 0 Å². The molecule has 4 rings (SSSR count). The number of rotatable bonds is 4. The highest BCUT2D eigenvalue weighted by Gasteiger charge is 2.14. The van der Waals surface area contributed by atoms with Crippen molar-refractivity contribution in [3.63, 3.8) is 0 Å². The number of ketones is 1. The number of hydrogen-bond acceptors (Lipinski definition) is 3. The van der Waals surface area contributed by atoms with Crippen LogP contribution in [0.2, 0.25) is 0 Å². The number of carbonyl (C=O) groups excluding carboxylic acids is 1. The number of carbonyl (C=O) groups is 1. The van der Waals surface area contributed by atoms with Gasteiger partial charge in [-0.3, -0.25) is 4.79 Å². The van der Waals surface area contributed by atoms with E-state index in [-0.39, 0.29) is 5.78 Å². The molecule has 0 aliphatic heterocycles. The van der Waals surface area contributed by atoms with Gasteiger partial charge in [-0.05, 0) is 11.1 Å². The summed E-state index contributed by atoms with van der Waals surface area (Å²) in [6, 6.07) is 27.8. The van der Waals surface area contributed by atoms with Crippen molar-refractivity contribution in [3.8, 4) is 22.4 Å². The van der Waals surface area contributed by atoms with Gasteiger partial charge in [0.2, 0.25) is 5.78 Å². The number of hydrogen-bond donors (Lipinski definition) is 0. The fourth-order valence-electron chi connectivity index (χ4n) is 2.69. The topological polar surface area (TPSA) is 30.0 Å². The minimum absolute atomic E-state index is 0.0299. The monoisotopic (exact) mass is 341 g/mol. The molecule has 0 fully saturated rings. The molecule has 0 saturated heterocycles. The molecule has 0 unspecified atom stereocenters. The molecule has 1 aromatic heterocycles. The zero-order valence-electron chi connectivity index (χ0n) is 13.4. The van der Waals surface area contributed by atoms with Crippen LogP contribution in [-0.4, -0.2) is 10.8 Å². The molecule has 0 atom stereocenters. The molecule has 3 aromatic carbocycles. The van der Waals surface area contributed by atoms with Gasteiger partial charge in [-0.15, -0.1) is 11.3 Å². The van der Waals surface area contributed by atoms with E-state index in [1.807, 2.05) is 66.0 Å². The highest BCUT2D eigenvalue weighted by molar-refractivity contribution is 7.12. The van der Waals surface area contributed by atoms with Gasteiger partial charge in [-0.1, -0.05) is 84.9 Å². The van der Waals surface area contributed by atoms with E-state index in [1.165, 1.54) is 22.5 Å². The Morgan fingerprint density at radius 1 is 0.680 bits per heavy atom. The first kappa shape index (κ1) is 15.5. The predicted octanol–water partition coefficient (Wildman–Crippen LogP) is 5.71. The highest BCUT2D eigenvalue weighted by Crippen LogP contribution is 2.26. The van der Waals surface area contributed by atoms with Crippen LogP contribution < -0.4 is 0 Å². The lowest BCUT2D eigenvalue weighted by atomic mass is 10.0. The van der Waals surface area contributed by atoms with E-state index >= 15 is 0 Å². The Morgan fingerprint density at radius 3 is 1.92 bits per heavy atom. The summed E-state index contributed by atoms with van der Waals surface area (Å²) in [5.41, 5.74) is 4.88. The van der Waals surface area contributed by atoms with Gasteiger partial charge in [0.1, 0.15) is 0 Å². The average molecular weight is 341 g/mol. The highest BCUT2D eigenvalue weighted by atomic mass is 32.1. The lowest BCUT2D eigenvalue weighted by molar-refractivity contribution is 0.103. The summed E-state index contributed by atoms with van der Waals surface area (Å²) in [5, 5.41) is 2.46. The Bertz CT molecular complexity index is 989. The number of benzene rings is 3. The van der Waals surface area contributed by atoms with E-state index in [0.717, 1.165) is 11.3 Å². The van der Waals surface area contributed by atoms with Crippen LogP contribution in [0.1, 0.15) is 15.4 Å². The van der Waals surface area contributed by atoms with Crippen molar-refractivity contribution >= 4 is 17.1 Å². The van der Waals surface area contributed by atoms with E-state index in [1.54, 1.807) is 0 Å². The second kappa shape index (κ2) is 6.83. The summed E-state index contributed by atoms with van der Waals surface area (Å²) < 4.78 is 0. The molecule has 2 nitrogen and oxygen atoms in total. The van der Waals surface area contributed by atoms with Crippen molar-refractivity contribution in [1.29, 1.82) is 0 Å². The first-order chi connectivity index (χ1) is 12.3. The first-order valence-electron chi connectivity index (χ1n) is 8.02. The lowest BCUT2D eigenvalue weighted by Gasteiger charge is -2.02. The van der Waals surface area contributed by atoms with Crippen LogP contribution in [0.5, 0.6) is 0 Å². The second-order valence-electron chi connectivity index (χ2n) is 5.68. The average Bonchev–Trinajstić information content (AvgIpc) is 3.19. The zero-order chi connectivity index (χ0) is 17.1. The third kappa shape index (κ3) is 3.28. The Hall–Kier alpha value is -3.04. The molecule has 0 N–H and O–H groups in total. The molecular formula is C22H15NOS. The smallest absolute Gasteiger partial charge is 0.221 e. The molecule has 0 amide bonds. The Kier molecular flexibility index (Phi) is 4.23. The number of nitrogens with zero attached hydrogens (tertiary/aromatic N) is 1. The molecule has 0 radical (unpaired) electrons. The van der Waals surface area contributed by atoms with Gasteiger partial charge in [0.05, 0.1) is 5.69 Å². The normalized spacial score (nSPS) is 10.6. The molecule has 0 spiro atoms.